The Morgan fingerprint density at radius 1 is 1.26 bits per heavy atom. The van der Waals surface area contributed by atoms with E-state index in [2.05, 4.69) is 17.4 Å². The van der Waals surface area contributed by atoms with Crippen LogP contribution in [0.5, 0.6) is 0 Å². The fourth-order valence-corrected chi connectivity index (χ4v) is 3.29. The number of fused-ring (bicyclic) bond motifs is 1. The third-order valence-electron chi connectivity index (χ3n) is 4.60. The van der Waals surface area contributed by atoms with Crippen molar-refractivity contribution < 1.29 is 14.6 Å². The highest BCUT2D eigenvalue weighted by atomic mass is 16.5. The third kappa shape index (κ3) is 3.00. The first-order valence-corrected chi connectivity index (χ1v) is 7.80. The van der Waals surface area contributed by atoms with Crippen LogP contribution >= 0.6 is 0 Å². The van der Waals surface area contributed by atoms with Crippen molar-refractivity contribution in [2.45, 2.75) is 24.9 Å². The first-order valence-electron chi connectivity index (χ1n) is 7.80. The van der Waals surface area contributed by atoms with Crippen molar-refractivity contribution >= 4 is 5.97 Å². The number of benzene rings is 2. The number of aliphatic hydroxyl groups is 1. The average Bonchev–Trinajstić information content (AvgIpc) is 2.99. The molecule has 0 radical (unpaired) electrons. The predicted octanol–water partition coefficient (Wildman–Crippen LogP) is 2.40. The number of hydrogen-bond donors (Lipinski definition) is 2. The molecule has 0 aromatic heterocycles. The van der Waals surface area contributed by atoms with Crippen LogP contribution in [-0.2, 0) is 23.2 Å². The third-order valence-corrected chi connectivity index (χ3v) is 4.60. The number of carbonyl (C=O) groups excluding carboxylic acids is 1. The first kappa shape index (κ1) is 15.7. The zero-order valence-electron chi connectivity index (χ0n) is 13.2. The van der Waals surface area contributed by atoms with Gasteiger partial charge >= 0.3 is 5.97 Å². The molecular formula is C19H21NO3. The van der Waals surface area contributed by atoms with E-state index >= 15 is 0 Å². The van der Waals surface area contributed by atoms with Crippen molar-refractivity contribution in [3.63, 3.8) is 0 Å². The van der Waals surface area contributed by atoms with E-state index in [0.29, 0.717) is 12.1 Å². The van der Waals surface area contributed by atoms with Crippen LogP contribution in [0.25, 0.3) is 0 Å². The minimum absolute atomic E-state index is 0.0563. The molecule has 0 unspecified atom stereocenters. The summed E-state index contributed by atoms with van der Waals surface area (Å²) in [5.41, 5.74) is 3.59. The monoisotopic (exact) mass is 311 g/mol. The molecule has 0 aliphatic heterocycles. The van der Waals surface area contributed by atoms with Crippen molar-refractivity contribution in [3.05, 3.63) is 70.8 Å². The number of methoxy groups -OCH3 is 1. The van der Waals surface area contributed by atoms with Crippen LogP contribution in [0.4, 0.5) is 0 Å². The van der Waals surface area contributed by atoms with E-state index in [-0.39, 0.29) is 12.6 Å². The molecule has 23 heavy (non-hydrogen) atoms. The molecule has 0 fully saturated rings. The molecular weight excluding hydrogens is 290 g/mol. The minimum Gasteiger partial charge on any atom is -0.465 e. The Hall–Kier alpha value is -2.17. The molecule has 0 saturated carbocycles. The number of ether oxygens (including phenoxy) is 1. The Kier molecular flexibility index (Phi) is 4.46. The molecule has 0 spiro atoms. The molecule has 0 saturated heterocycles. The van der Waals surface area contributed by atoms with Gasteiger partial charge in [0.15, 0.2) is 0 Å². The Morgan fingerprint density at radius 2 is 2.09 bits per heavy atom. The highest BCUT2D eigenvalue weighted by molar-refractivity contribution is 5.89. The van der Waals surface area contributed by atoms with Crippen molar-refractivity contribution in [3.8, 4) is 0 Å². The van der Waals surface area contributed by atoms with Crippen LogP contribution in [0.1, 0.15) is 33.5 Å². The maximum Gasteiger partial charge on any atom is 0.337 e. The molecule has 3 rings (SSSR count). The molecule has 2 aromatic rings. The Morgan fingerprint density at radius 3 is 2.87 bits per heavy atom. The van der Waals surface area contributed by atoms with Gasteiger partial charge in [-0.25, -0.2) is 4.79 Å². The van der Waals surface area contributed by atoms with Crippen molar-refractivity contribution in [1.82, 2.24) is 5.32 Å². The number of aliphatic hydroxyl groups excluding tert-OH is 1. The van der Waals surface area contributed by atoms with E-state index in [1.807, 2.05) is 30.3 Å². The Balaban J connectivity index is 1.79. The highest BCUT2D eigenvalue weighted by Crippen LogP contribution is 2.36. The zero-order chi connectivity index (χ0) is 16.3. The summed E-state index contributed by atoms with van der Waals surface area (Å²) >= 11 is 0. The largest absolute Gasteiger partial charge is 0.465 e. The van der Waals surface area contributed by atoms with Crippen molar-refractivity contribution in [1.29, 1.82) is 0 Å². The van der Waals surface area contributed by atoms with Crippen LogP contribution in [-0.4, -0.2) is 24.8 Å². The number of nitrogens with one attached hydrogen (secondary N) is 1. The van der Waals surface area contributed by atoms with Crippen LogP contribution in [0, 0.1) is 0 Å². The van der Waals surface area contributed by atoms with Gasteiger partial charge in [-0.1, -0.05) is 36.4 Å². The number of aryl methyl sites for hydroxylation is 1. The fraction of sp³-hybridized carbons (Fsp3) is 0.316. The molecule has 4 nitrogen and oxygen atoms in total. The van der Waals surface area contributed by atoms with Gasteiger partial charge in [0, 0.05) is 6.54 Å². The molecule has 2 aromatic carbocycles. The molecule has 0 bridgehead atoms. The van der Waals surface area contributed by atoms with Gasteiger partial charge in [0.05, 0.1) is 24.8 Å². The van der Waals surface area contributed by atoms with Crippen LogP contribution < -0.4 is 5.32 Å². The Labute approximate surface area is 136 Å². The minimum atomic E-state index is -0.405. The highest BCUT2D eigenvalue weighted by Gasteiger charge is 2.37. The summed E-state index contributed by atoms with van der Waals surface area (Å²) in [4.78, 5) is 11.6. The van der Waals surface area contributed by atoms with Crippen molar-refractivity contribution in [2.75, 3.05) is 13.7 Å². The standard InChI is InChI=1S/C19H21NO3/c1-23-18(22)16-7-4-5-14(11-16)12-20-19(13-21)10-9-15-6-2-3-8-17(15)19/h2-8,11,20-21H,9-10,12-13H2,1H3/t19-/m0/s1. The van der Waals surface area contributed by atoms with Gasteiger partial charge < -0.3 is 15.2 Å². The number of hydrogen-bond acceptors (Lipinski definition) is 4. The molecule has 0 amide bonds. The SMILES string of the molecule is COC(=O)c1cccc(CN[C@]2(CO)CCc3ccccc32)c1. The summed E-state index contributed by atoms with van der Waals surface area (Å²) in [5, 5.41) is 13.5. The predicted molar refractivity (Wildman–Crippen MR) is 88.1 cm³/mol. The van der Waals surface area contributed by atoms with Gasteiger partial charge in [0.2, 0.25) is 0 Å². The molecule has 1 atom stereocenters. The molecule has 1 aliphatic carbocycles. The van der Waals surface area contributed by atoms with Crippen LogP contribution in [0.15, 0.2) is 48.5 Å². The van der Waals surface area contributed by atoms with Crippen molar-refractivity contribution in [2.24, 2.45) is 0 Å². The van der Waals surface area contributed by atoms with E-state index in [1.54, 1.807) is 6.07 Å². The number of carbonyl (C=O) groups is 1. The van der Waals surface area contributed by atoms with Gasteiger partial charge in [-0.3, -0.25) is 0 Å². The van der Waals surface area contributed by atoms with Crippen LogP contribution in [0.3, 0.4) is 0 Å². The summed E-state index contributed by atoms with van der Waals surface area (Å²) < 4.78 is 4.76. The topological polar surface area (TPSA) is 58.6 Å². The molecule has 2 N–H and O–H groups in total. The van der Waals surface area contributed by atoms with Gasteiger partial charge in [-0.15, -0.1) is 0 Å². The lowest BCUT2D eigenvalue weighted by Gasteiger charge is -2.30. The summed E-state index contributed by atoms with van der Waals surface area (Å²) in [6.45, 7) is 0.639. The molecule has 0 heterocycles. The quantitative estimate of drug-likeness (QED) is 0.833. The average molecular weight is 311 g/mol. The van der Waals surface area contributed by atoms with Gasteiger partial charge in [0.1, 0.15) is 0 Å². The summed E-state index contributed by atoms with van der Waals surface area (Å²) in [5.74, 6) is -0.338. The lowest BCUT2D eigenvalue weighted by molar-refractivity contribution is 0.0600. The molecule has 1 aliphatic rings. The van der Waals surface area contributed by atoms with E-state index in [9.17, 15) is 9.90 Å². The second kappa shape index (κ2) is 6.52. The van der Waals surface area contributed by atoms with E-state index in [1.165, 1.54) is 18.2 Å². The van der Waals surface area contributed by atoms with Gasteiger partial charge in [-0.2, -0.15) is 0 Å². The van der Waals surface area contributed by atoms with Crippen LogP contribution in [0.2, 0.25) is 0 Å². The van der Waals surface area contributed by atoms with E-state index in [0.717, 1.165) is 18.4 Å². The molecule has 4 heteroatoms. The lowest BCUT2D eigenvalue weighted by Crippen LogP contribution is -2.43. The lowest BCUT2D eigenvalue weighted by atomic mass is 9.92. The zero-order valence-corrected chi connectivity index (χ0v) is 13.2. The summed E-state index contributed by atoms with van der Waals surface area (Å²) in [6.07, 6.45) is 1.84. The van der Waals surface area contributed by atoms with E-state index < -0.39 is 5.54 Å². The maximum atomic E-state index is 11.6. The first-order chi connectivity index (χ1) is 11.2. The van der Waals surface area contributed by atoms with E-state index in [4.69, 9.17) is 4.74 Å². The van der Waals surface area contributed by atoms with Gasteiger partial charge in [0.25, 0.3) is 0 Å². The summed E-state index contributed by atoms with van der Waals surface area (Å²) in [7, 11) is 1.38. The molecule has 120 valence electrons. The Bertz CT molecular complexity index is 713. The summed E-state index contributed by atoms with van der Waals surface area (Å²) in [6, 6.07) is 15.6. The number of esters is 1. The second-order valence-corrected chi connectivity index (χ2v) is 5.94. The fourth-order valence-electron chi connectivity index (χ4n) is 3.29. The smallest absolute Gasteiger partial charge is 0.337 e. The maximum absolute atomic E-state index is 11.6. The second-order valence-electron chi connectivity index (χ2n) is 5.94. The normalized spacial score (nSPS) is 19.4. The number of rotatable bonds is 5. The van der Waals surface area contributed by atoms with Gasteiger partial charge in [-0.05, 0) is 41.7 Å².